The van der Waals surface area contributed by atoms with Crippen molar-refractivity contribution in [1.82, 2.24) is 15.5 Å². The molecule has 2 unspecified atom stereocenters. The summed E-state index contributed by atoms with van der Waals surface area (Å²) in [4.78, 5) is 19.3. The number of nitrogens with one attached hydrogen (secondary N) is 2. The third-order valence-electron chi connectivity index (χ3n) is 5.05. The van der Waals surface area contributed by atoms with Gasteiger partial charge in [0.2, 0.25) is 0 Å². The zero-order valence-corrected chi connectivity index (χ0v) is 19.8. The molecule has 0 saturated carbocycles. The van der Waals surface area contributed by atoms with Gasteiger partial charge in [-0.1, -0.05) is 26.0 Å². The summed E-state index contributed by atoms with van der Waals surface area (Å²) in [5.41, 5.74) is 1.77. The summed E-state index contributed by atoms with van der Waals surface area (Å²) in [7, 11) is 0. The molecule has 1 aliphatic heterocycles. The summed E-state index contributed by atoms with van der Waals surface area (Å²) in [6, 6.07) is 7.73. The summed E-state index contributed by atoms with van der Waals surface area (Å²) in [6.07, 6.45) is 1.22. The molecule has 0 radical (unpaired) electrons. The molecule has 2 N–H and O–H groups in total. The average Bonchev–Trinajstić information content (AvgIpc) is 2.73. The Morgan fingerprint density at radius 2 is 1.84 bits per heavy atom. The Balaban J connectivity index is 1.83. The molecule has 0 bridgehead atoms. The molecule has 1 saturated heterocycles. The summed E-state index contributed by atoms with van der Waals surface area (Å²) in [5.74, 6) is 1.49. The minimum atomic E-state index is 0.0597. The number of hydrogen-bond donors (Lipinski definition) is 2. The van der Waals surface area contributed by atoms with E-state index >= 15 is 0 Å². The van der Waals surface area contributed by atoms with Crippen LogP contribution in [0.1, 0.15) is 57.0 Å². The van der Waals surface area contributed by atoms with Crippen LogP contribution in [0.4, 0.5) is 0 Å². The number of hydrogen-bond acceptors (Lipinski definition) is 4. The smallest absolute Gasteiger partial charge is 0.254 e. The second-order valence-electron chi connectivity index (χ2n) is 8.58. The van der Waals surface area contributed by atoms with Gasteiger partial charge in [0.1, 0.15) is 0 Å². The van der Waals surface area contributed by atoms with Crippen LogP contribution in [0.15, 0.2) is 29.3 Å². The molecule has 174 valence electrons. The monoisotopic (exact) mass is 432 g/mol. The number of carbonyl (C=O) groups excluding carboxylic acids is 1. The lowest BCUT2D eigenvalue weighted by Crippen LogP contribution is -2.48. The van der Waals surface area contributed by atoms with Crippen LogP contribution in [0.2, 0.25) is 0 Å². The Bertz CT molecular complexity index is 681. The summed E-state index contributed by atoms with van der Waals surface area (Å²) in [5, 5.41) is 6.55. The number of carbonyl (C=O) groups is 1. The van der Waals surface area contributed by atoms with Gasteiger partial charge in [-0.15, -0.1) is 0 Å². The largest absolute Gasteiger partial charge is 0.380 e. The van der Waals surface area contributed by atoms with Crippen molar-refractivity contribution in [1.29, 1.82) is 0 Å². The van der Waals surface area contributed by atoms with E-state index in [-0.39, 0.29) is 18.1 Å². The second-order valence-corrected chi connectivity index (χ2v) is 8.58. The minimum absolute atomic E-state index is 0.0597. The van der Waals surface area contributed by atoms with Gasteiger partial charge < -0.3 is 25.0 Å². The Hall–Kier alpha value is -2.12. The SMILES string of the molecule is CCNC(=NCc1ccc(C(=O)N2CC(C)OC(C)C2)cc1)NCCOCCC(C)C. The number of amides is 1. The van der Waals surface area contributed by atoms with Gasteiger partial charge in [-0.05, 0) is 50.8 Å². The normalized spacial score (nSPS) is 19.5. The molecular weight excluding hydrogens is 392 g/mol. The van der Waals surface area contributed by atoms with E-state index in [0.29, 0.717) is 44.3 Å². The van der Waals surface area contributed by atoms with Crippen molar-refractivity contribution in [3.05, 3.63) is 35.4 Å². The van der Waals surface area contributed by atoms with E-state index in [0.717, 1.165) is 31.1 Å². The molecule has 2 rings (SSSR count). The van der Waals surface area contributed by atoms with E-state index in [2.05, 4.69) is 29.5 Å². The van der Waals surface area contributed by atoms with Crippen LogP contribution >= 0.6 is 0 Å². The number of guanidine groups is 1. The van der Waals surface area contributed by atoms with Crippen LogP contribution in [0.5, 0.6) is 0 Å². The highest BCUT2D eigenvalue weighted by atomic mass is 16.5. The number of aliphatic imine (C=N–C) groups is 1. The predicted octanol–water partition coefficient (Wildman–Crippen LogP) is 3.05. The molecule has 0 aromatic heterocycles. The molecule has 1 heterocycles. The van der Waals surface area contributed by atoms with Crippen LogP contribution < -0.4 is 10.6 Å². The molecule has 1 aliphatic rings. The fourth-order valence-corrected chi connectivity index (χ4v) is 3.45. The Morgan fingerprint density at radius 1 is 1.16 bits per heavy atom. The number of morpholine rings is 1. The van der Waals surface area contributed by atoms with Gasteiger partial charge in [0.05, 0.1) is 25.4 Å². The summed E-state index contributed by atoms with van der Waals surface area (Å²) >= 11 is 0. The van der Waals surface area contributed by atoms with Crippen molar-refractivity contribution in [2.75, 3.05) is 39.4 Å². The maximum atomic E-state index is 12.8. The van der Waals surface area contributed by atoms with Crippen molar-refractivity contribution in [3.63, 3.8) is 0 Å². The van der Waals surface area contributed by atoms with Crippen molar-refractivity contribution in [2.24, 2.45) is 10.9 Å². The topological polar surface area (TPSA) is 75.2 Å². The molecule has 1 fully saturated rings. The van der Waals surface area contributed by atoms with E-state index in [4.69, 9.17) is 9.47 Å². The Kier molecular flexibility index (Phi) is 10.8. The molecule has 1 amide bonds. The van der Waals surface area contributed by atoms with Crippen molar-refractivity contribution in [2.45, 2.75) is 59.8 Å². The van der Waals surface area contributed by atoms with E-state index < -0.39 is 0 Å². The average molecular weight is 433 g/mol. The standard InChI is InChI=1S/C24H40N4O3/c1-6-25-24(26-12-14-30-13-11-18(2)3)27-15-21-7-9-22(10-8-21)23(29)28-16-19(4)31-20(5)17-28/h7-10,18-20H,6,11-17H2,1-5H3,(H2,25,26,27). The van der Waals surface area contributed by atoms with Gasteiger partial charge >= 0.3 is 0 Å². The van der Waals surface area contributed by atoms with E-state index in [1.807, 2.05) is 49.9 Å². The van der Waals surface area contributed by atoms with Gasteiger partial charge in [0.15, 0.2) is 5.96 Å². The maximum Gasteiger partial charge on any atom is 0.254 e. The quantitative estimate of drug-likeness (QED) is 0.338. The van der Waals surface area contributed by atoms with Gasteiger partial charge in [-0.3, -0.25) is 4.79 Å². The summed E-state index contributed by atoms with van der Waals surface area (Å²) < 4.78 is 11.4. The predicted molar refractivity (Wildman–Crippen MR) is 125 cm³/mol. The van der Waals surface area contributed by atoms with Crippen LogP contribution in [-0.2, 0) is 16.0 Å². The Labute approximate surface area is 187 Å². The van der Waals surface area contributed by atoms with Crippen LogP contribution in [0.3, 0.4) is 0 Å². The molecule has 0 aliphatic carbocycles. The number of rotatable bonds is 10. The fraction of sp³-hybridized carbons (Fsp3) is 0.667. The lowest BCUT2D eigenvalue weighted by Gasteiger charge is -2.35. The van der Waals surface area contributed by atoms with Gasteiger partial charge in [-0.2, -0.15) is 0 Å². The van der Waals surface area contributed by atoms with Crippen molar-refractivity contribution < 1.29 is 14.3 Å². The number of nitrogens with zero attached hydrogens (tertiary/aromatic N) is 2. The highest BCUT2D eigenvalue weighted by Gasteiger charge is 2.26. The van der Waals surface area contributed by atoms with Gasteiger partial charge in [-0.25, -0.2) is 4.99 Å². The van der Waals surface area contributed by atoms with Crippen molar-refractivity contribution >= 4 is 11.9 Å². The third-order valence-corrected chi connectivity index (χ3v) is 5.05. The lowest BCUT2D eigenvalue weighted by molar-refractivity contribution is -0.0586. The molecule has 31 heavy (non-hydrogen) atoms. The van der Waals surface area contributed by atoms with Gasteiger partial charge in [0.25, 0.3) is 5.91 Å². The van der Waals surface area contributed by atoms with E-state index in [1.165, 1.54) is 0 Å². The molecule has 7 heteroatoms. The first-order valence-electron chi connectivity index (χ1n) is 11.5. The van der Waals surface area contributed by atoms with Crippen LogP contribution in [-0.4, -0.2) is 68.4 Å². The molecule has 0 spiro atoms. The third kappa shape index (κ3) is 9.27. The lowest BCUT2D eigenvalue weighted by atomic mass is 10.1. The second kappa shape index (κ2) is 13.3. The first kappa shape index (κ1) is 25.1. The van der Waals surface area contributed by atoms with Gasteiger partial charge in [0, 0.05) is 38.3 Å². The fourth-order valence-electron chi connectivity index (χ4n) is 3.45. The summed E-state index contributed by atoms with van der Waals surface area (Å²) in [6.45, 7) is 15.2. The van der Waals surface area contributed by atoms with Crippen LogP contribution in [0.25, 0.3) is 0 Å². The molecule has 2 atom stereocenters. The molecular formula is C24H40N4O3. The minimum Gasteiger partial charge on any atom is -0.380 e. The number of benzene rings is 1. The highest BCUT2D eigenvalue weighted by molar-refractivity contribution is 5.94. The molecule has 1 aromatic rings. The first-order chi connectivity index (χ1) is 14.9. The van der Waals surface area contributed by atoms with E-state index in [1.54, 1.807) is 0 Å². The van der Waals surface area contributed by atoms with Crippen molar-refractivity contribution in [3.8, 4) is 0 Å². The first-order valence-corrected chi connectivity index (χ1v) is 11.5. The zero-order chi connectivity index (χ0) is 22.6. The zero-order valence-electron chi connectivity index (χ0n) is 19.8. The number of ether oxygens (including phenoxy) is 2. The molecule has 1 aromatic carbocycles. The maximum absolute atomic E-state index is 12.8. The molecule has 7 nitrogen and oxygen atoms in total. The Morgan fingerprint density at radius 3 is 2.45 bits per heavy atom. The van der Waals surface area contributed by atoms with Crippen LogP contribution in [0, 0.1) is 5.92 Å². The van der Waals surface area contributed by atoms with E-state index in [9.17, 15) is 4.79 Å². The highest BCUT2D eigenvalue weighted by Crippen LogP contribution is 2.15.